The number of primary sulfonamides is 1. The Bertz CT molecular complexity index is 1130. The van der Waals surface area contributed by atoms with Crippen LogP contribution >= 0.6 is 0 Å². The molecule has 30 heavy (non-hydrogen) atoms. The summed E-state index contributed by atoms with van der Waals surface area (Å²) in [6.45, 7) is 3.92. The molecule has 0 aliphatic rings. The third kappa shape index (κ3) is 6.69. The topological polar surface area (TPSA) is 92.8 Å². The normalized spacial score (nSPS) is 12.1. The minimum atomic E-state index is -3.52. The van der Waals surface area contributed by atoms with Crippen molar-refractivity contribution in [2.75, 3.05) is 7.05 Å². The van der Waals surface area contributed by atoms with Gasteiger partial charge in [-0.2, -0.15) is 0 Å². The standard InChI is InChI=1S/C17H17NO.C7H9NO2S/c1-13(14-8-4-3-5-9-14)12-16(18-2)15-10-6-7-11-17(15)19;1-6-2-4-7(5-3-6)11(8,9)10/h3-12,19H,1-2H3;2-5H,1H3,(H2,8,9,10)/b13-12+,18-16?;. The number of sulfonamides is 1. The number of nitrogens with two attached hydrogens (primary N) is 1. The Labute approximate surface area is 178 Å². The quantitative estimate of drug-likeness (QED) is 0.604. The van der Waals surface area contributed by atoms with Gasteiger partial charge in [0.1, 0.15) is 5.75 Å². The van der Waals surface area contributed by atoms with Crippen LogP contribution in [0, 0.1) is 6.92 Å². The summed E-state index contributed by atoms with van der Waals surface area (Å²) in [5, 5.41) is 14.8. The lowest BCUT2D eigenvalue weighted by Gasteiger charge is -2.06. The van der Waals surface area contributed by atoms with Gasteiger partial charge in [0.25, 0.3) is 0 Å². The van der Waals surface area contributed by atoms with E-state index in [2.05, 4.69) is 17.1 Å². The van der Waals surface area contributed by atoms with Crippen LogP contribution in [0.4, 0.5) is 0 Å². The van der Waals surface area contributed by atoms with E-state index in [0.717, 1.165) is 28.0 Å². The summed E-state index contributed by atoms with van der Waals surface area (Å²) < 4.78 is 21.4. The van der Waals surface area contributed by atoms with Crippen molar-refractivity contribution < 1.29 is 13.5 Å². The van der Waals surface area contributed by atoms with Gasteiger partial charge in [-0.25, -0.2) is 13.6 Å². The number of benzene rings is 3. The maximum absolute atomic E-state index is 10.7. The number of phenolic OH excluding ortho intramolecular Hbond substituents is 1. The van der Waals surface area contributed by atoms with E-state index in [0.29, 0.717) is 0 Å². The summed E-state index contributed by atoms with van der Waals surface area (Å²) >= 11 is 0. The van der Waals surface area contributed by atoms with Crippen LogP contribution in [0.25, 0.3) is 5.57 Å². The molecule has 156 valence electrons. The molecule has 0 saturated carbocycles. The zero-order chi connectivity index (χ0) is 22.1. The second kappa shape index (κ2) is 10.5. The molecule has 0 amide bonds. The van der Waals surface area contributed by atoms with Crippen molar-refractivity contribution >= 4 is 21.3 Å². The zero-order valence-corrected chi connectivity index (χ0v) is 18.1. The Balaban J connectivity index is 0.000000248. The van der Waals surface area contributed by atoms with E-state index in [4.69, 9.17) is 5.14 Å². The second-order valence-electron chi connectivity index (χ2n) is 6.68. The van der Waals surface area contributed by atoms with E-state index in [9.17, 15) is 13.5 Å². The van der Waals surface area contributed by atoms with Crippen molar-refractivity contribution in [2.24, 2.45) is 10.1 Å². The highest BCUT2D eigenvalue weighted by Gasteiger charge is 2.06. The Morgan fingerprint density at radius 2 is 1.50 bits per heavy atom. The van der Waals surface area contributed by atoms with Crippen LogP contribution in [0.2, 0.25) is 0 Å². The highest BCUT2D eigenvalue weighted by molar-refractivity contribution is 7.89. The van der Waals surface area contributed by atoms with E-state index in [-0.39, 0.29) is 10.6 Å². The first kappa shape index (κ1) is 23.1. The van der Waals surface area contributed by atoms with Gasteiger partial charge in [-0.15, -0.1) is 0 Å². The third-order valence-corrected chi connectivity index (χ3v) is 5.28. The second-order valence-corrected chi connectivity index (χ2v) is 8.24. The molecular weight excluding hydrogens is 396 g/mol. The Hall–Kier alpha value is -3.22. The Morgan fingerprint density at radius 1 is 0.933 bits per heavy atom. The number of para-hydroxylation sites is 1. The average molecular weight is 423 g/mol. The molecule has 6 heteroatoms. The van der Waals surface area contributed by atoms with Crippen LogP contribution in [-0.4, -0.2) is 26.3 Å². The molecule has 0 atom stereocenters. The number of hydrogen-bond acceptors (Lipinski definition) is 4. The summed E-state index contributed by atoms with van der Waals surface area (Å²) in [5.41, 5.74) is 4.81. The van der Waals surface area contributed by atoms with E-state index in [1.807, 2.05) is 50.3 Å². The Morgan fingerprint density at radius 3 is 2.03 bits per heavy atom. The predicted molar refractivity (Wildman–Crippen MR) is 123 cm³/mol. The van der Waals surface area contributed by atoms with Gasteiger partial charge in [0.15, 0.2) is 0 Å². The molecule has 3 rings (SSSR count). The van der Waals surface area contributed by atoms with Crippen LogP contribution in [0.3, 0.4) is 0 Å². The number of aryl methyl sites for hydroxylation is 1. The van der Waals surface area contributed by atoms with Gasteiger partial charge < -0.3 is 5.11 Å². The van der Waals surface area contributed by atoms with E-state index >= 15 is 0 Å². The van der Waals surface area contributed by atoms with Gasteiger partial charge in [-0.1, -0.05) is 60.2 Å². The molecule has 0 aliphatic carbocycles. The molecule has 0 saturated heterocycles. The van der Waals surface area contributed by atoms with Crippen molar-refractivity contribution in [2.45, 2.75) is 18.7 Å². The maximum Gasteiger partial charge on any atom is 0.238 e. The lowest BCUT2D eigenvalue weighted by molar-refractivity contribution is 0.474. The summed E-state index contributed by atoms with van der Waals surface area (Å²) in [6, 6.07) is 23.8. The molecule has 0 bridgehead atoms. The van der Waals surface area contributed by atoms with Gasteiger partial charge in [0, 0.05) is 12.6 Å². The van der Waals surface area contributed by atoms with Crippen LogP contribution in [0.1, 0.15) is 23.6 Å². The fourth-order valence-corrected chi connectivity index (χ4v) is 3.19. The van der Waals surface area contributed by atoms with Gasteiger partial charge in [0.05, 0.1) is 10.6 Å². The zero-order valence-electron chi connectivity index (χ0n) is 17.3. The highest BCUT2D eigenvalue weighted by Crippen LogP contribution is 2.20. The molecule has 0 aliphatic heterocycles. The summed E-state index contributed by atoms with van der Waals surface area (Å²) in [5.74, 6) is 0.250. The molecule has 3 aromatic carbocycles. The smallest absolute Gasteiger partial charge is 0.238 e. The van der Waals surface area contributed by atoms with Crippen molar-refractivity contribution in [1.82, 2.24) is 0 Å². The average Bonchev–Trinajstić information content (AvgIpc) is 2.73. The molecule has 0 unspecified atom stereocenters. The summed E-state index contributed by atoms with van der Waals surface area (Å²) in [6.07, 6.45) is 1.99. The van der Waals surface area contributed by atoms with E-state index in [1.54, 1.807) is 31.3 Å². The van der Waals surface area contributed by atoms with Crippen molar-refractivity contribution in [3.05, 3.63) is 102 Å². The van der Waals surface area contributed by atoms with Gasteiger partial charge in [0.2, 0.25) is 10.0 Å². The molecule has 0 heterocycles. The Kier molecular flexibility index (Phi) is 8.09. The number of rotatable bonds is 4. The van der Waals surface area contributed by atoms with Crippen LogP contribution in [0.5, 0.6) is 5.75 Å². The highest BCUT2D eigenvalue weighted by atomic mass is 32.2. The number of aromatic hydroxyl groups is 1. The van der Waals surface area contributed by atoms with Gasteiger partial charge in [-0.3, -0.25) is 4.99 Å². The van der Waals surface area contributed by atoms with E-state index in [1.165, 1.54) is 12.1 Å². The number of hydrogen-bond donors (Lipinski definition) is 2. The first-order valence-electron chi connectivity index (χ1n) is 9.30. The van der Waals surface area contributed by atoms with Gasteiger partial charge >= 0.3 is 0 Å². The van der Waals surface area contributed by atoms with Crippen molar-refractivity contribution in [3.8, 4) is 5.75 Å². The predicted octanol–water partition coefficient (Wildman–Crippen LogP) is 4.56. The molecule has 0 radical (unpaired) electrons. The first-order chi connectivity index (χ1) is 14.2. The molecular formula is C24H26N2O3S. The number of phenols is 1. The summed E-state index contributed by atoms with van der Waals surface area (Å²) in [7, 11) is -1.79. The molecule has 0 spiro atoms. The van der Waals surface area contributed by atoms with Crippen LogP contribution in [-0.2, 0) is 10.0 Å². The van der Waals surface area contributed by atoms with Crippen molar-refractivity contribution in [3.63, 3.8) is 0 Å². The first-order valence-corrected chi connectivity index (χ1v) is 10.9. The van der Waals surface area contributed by atoms with E-state index < -0.39 is 10.0 Å². The van der Waals surface area contributed by atoms with Crippen molar-refractivity contribution in [1.29, 1.82) is 0 Å². The number of aliphatic imine (C=N–C) groups is 1. The number of allylic oxidation sites excluding steroid dienone is 2. The minimum absolute atomic E-state index is 0.156. The monoisotopic (exact) mass is 422 g/mol. The lowest BCUT2D eigenvalue weighted by Crippen LogP contribution is -2.11. The van der Waals surface area contributed by atoms with Crippen LogP contribution < -0.4 is 5.14 Å². The maximum atomic E-state index is 10.7. The summed E-state index contributed by atoms with van der Waals surface area (Å²) in [4.78, 5) is 4.42. The fraction of sp³-hybridized carbons (Fsp3) is 0.125. The third-order valence-electron chi connectivity index (χ3n) is 4.35. The lowest BCUT2D eigenvalue weighted by atomic mass is 10.0. The number of nitrogens with zero attached hydrogens (tertiary/aromatic N) is 1. The molecule has 0 fully saturated rings. The van der Waals surface area contributed by atoms with Gasteiger partial charge in [-0.05, 0) is 55.3 Å². The minimum Gasteiger partial charge on any atom is -0.507 e. The fourth-order valence-electron chi connectivity index (χ4n) is 2.67. The molecule has 3 aromatic rings. The SMILES string of the molecule is CN=C(/C=C(\C)c1ccccc1)c1ccccc1O.Cc1ccc(S(N)(=O)=O)cc1. The molecule has 3 N–H and O–H groups in total. The molecule has 5 nitrogen and oxygen atoms in total. The molecule has 0 aromatic heterocycles. The van der Waals surface area contributed by atoms with Crippen LogP contribution in [0.15, 0.2) is 94.8 Å². The largest absolute Gasteiger partial charge is 0.507 e.